The summed E-state index contributed by atoms with van der Waals surface area (Å²) in [5, 5.41) is 0. The highest BCUT2D eigenvalue weighted by molar-refractivity contribution is 6.05. The summed E-state index contributed by atoms with van der Waals surface area (Å²) in [7, 11) is 0. The number of furan rings is 1. The van der Waals surface area contributed by atoms with E-state index in [0.29, 0.717) is 18.6 Å². The van der Waals surface area contributed by atoms with E-state index in [1.165, 1.54) is 4.90 Å². The van der Waals surface area contributed by atoms with Gasteiger partial charge in [0.2, 0.25) is 11.8 Å². The Kier molecular flexibility index (Phi) is 2.35. The first-order chi connectivity index (χ1) is 8.27. The van der Waals surface area contributed by atoms with Crippen LogP contribution >= 0.6 is 0 Å². The molecule has 4 nitrogen and oxygen atoms in total. The number of carbonyl (C=O) groups is 2. The van der Waals surface area contributed by atoms with Gasteiger partial charge in [0, 0.05) is 0 Å². The summed E-state index contributed by atoms with van der Waals surface area (Å²) in [5.41, 5.74) is 0. The Morgan fingerprint density at radius 3 is 2.35 bits per heavy atom. The second kappa shape index (κ2) is 3.87. The second-order valence-corrected chi connectivity index (χ2v) is 4.50. The lowest BCUT2D eigenvalue weighted by molar-refractivity contribution is -0.140. The zero-order valence-corrected chi connectivity index (χ0v) is 9.33. The van der Waals surface area contributed by atoms with Crippen LogP contribution in [0.5, 0.6) is 0 Å². The molecule has 0 bridgehead atoms. The summed E-state index contributed by atoms with van der Waals surface area (Å²) in [6, 6.07) is 3.54. The van der Waals surface area contributed by atoms with Crippen LogP contribution in [0.15, 0.2) is 35.0 Å². The van der Waals surface area contributed by atoms with Gasteiger partial charge in [-0.25, -0.2) is 0 Å². The van der Waals surface area contributed by atoms with Crippen LogP contribution in [0.4, 0.5) is 0 Å². The number of imide groups is 1. The van der Waals surface area contributed by atoms with Gasteiger partial charge in [0.25, 0.3) is 0 Å². The van der Waals surface area contributed by atoms with Gasteiger partial charge in [0.05, 0.1) is 24.6 Å². The molecule has 0 N–H and O–H groups in total. The van der Waals surface area contributed by atoms with Gasteiger partial charge in [0.15, 0.2) is 0 Å². The third kappa shape index (κ3) is 1.60. The van der Waals surface area contributed by atoms with Crippen LogP contribution in [0.25, 0.3) is 0 Å². The van der Waals surface area contributed by atoms with E-state index in [1.807, 2.05) is 12.2 Å². The Bertz CT molecular complexity index is 449. The maximum absolute atomic E-state index is 12.1. The van der Waals surface area contributed by atoms with Crippen molar-refractivity contribution in [2.24, 2.45) is 11.8 Å². The predicted molar refractivity (Wildman–Crippen MR) is 59.6 cm³/mol. The van der Waals surface area contributed by atoms with Crippen LogP contribution in [0, 0.1) is 11.8 Å². The number of hydrogen-bond donors (Lipinski definition) is 0. The molecule has 1 aliphatic carbocycles. The molecular formula is C13H13NO3. The minimum absolute atomic E-state index is 0.0549. The van der Waals surface area contributed by atoms with Crippen LogP contribution in [0.2, 0.25) is 0 Å². The number of nitrogens with zero attached hydrogens (tertiary/aromatic N) is 1. The normalized spacial score (nSPS) is 27.6. The standard InChI is InChI=1S/C13H13NO3/c15-12-10-5-1-2-6-11(10)13(16)14(12)8-9-4-3-7-17-9/h1-4,7,10-11H,5-6,8H2/t10-,11+. The molecule has 1 aromatic heterocycles. The van der Waals surface area contributed by atoms with Crippen LogP contribution in [0.3, 0.4) is 0 Å². The molecule has 4 heteroatoms. The molecule has 1 saturated heterocycles. The van der Waals surface area contributed by atoms with E-state index in [-0.39, 0.29) is 30.2 Å². The van der Waals surface area contributed by atoms with Crippen molar-refractivity contribution in [3.8, 4) is 0 Å². The zero-order valence-electron chi connectivity index (χ0n) is 9.33. The minimum Gasteiger partial charge on any atom is -0.467 e. The van der Waals surface area contributed by atoms with E-state index in [1.54, 1.807) is 18.4 Å². The molecule has 0 unspecified atom stereocenters. The van der Waals surface area contributed by atoms with E-state index in [0.717, 1.165) is 0 Å². The summed E-state index contributed by atoms with van der Waals surface area (Å²) >= 11 is 0. The number of amides is 2. The highest BCUT2D eigenvalue weighted by Crippen LogP contribution is 2.35. The van der Waals surface area contributed by atoms with Crippen molar-refractivity contribution in [3.63, 3.8) is 0 Å². The number of carbonyl (C=O) groups excluding carboxylic acids is 2. The Morgan fingerprint density at radius 2 is 1.82 bits per heavy atom. The minimum atomic E-state index is -0.150. The lowest BCUT2D eigenvalue weighted by atomic mass is 9.85. The lowest BCUT2D eigenvalue weighted by Gasteiger charge is -2.14. The molecule has 17 heavy (non-hydrogen) atoms. The average molecular weight is 231 g/mol. The number of rotatable bonds is 2. The summed E-state index contributed by atoms with van der Waals surface area (Å²) in [4.78, 5) is 25.5. The topological polar surface area (TPSA) is 50.5 Å². The van der Waals surface area contributed by atoms with Gasteiger partial charge in [0.1, 0.15) is 5.76 Å². The molecule has 2 heterocycles. The quantitative estimate of drug-likeness (QED) is 0.575. The fraction of sp³-hybridized carbons (Fsp3) is 0.385. The molecule has 0 radical (unpaired) electrons. The van der Waals surface area contributed by atoms with Crippen LogP contribution < -0.4 is 0 Å². The molecule has 2 amide bonds. The molecule has 1 fully saturated rings. The number of fused-ring (bicyclic) bond motifs is 1. The first-order valence-corrected chi connectivity index (χ1v) is 5.80. The highest BCUT2D eigenvalue weighted by Gasteiger charge is 2.47. The zero-order chi connectivity index (χ0) is 11.8. The first kappa shape index (κ1) is 10.3. The number of allylic oxidation sites excluding steroid dienone is 2. The van der Waals surface area contributed by atoms with E-state index >= 15 is 0 Å². The van der Waals surface area contributed by atoms with Crippen molar-refractivity contribution >= 4 is 11.8 Å². The highest BCUT2D eigenvalue weighted by atomic mass is 16.3. The predicted octanol–water partition coefficient (Wildman–Crippen LogP) is 1.73. The van der Waals surface area contributed by atoms with Gasteiger partial charge in [-0.3, -0.25) is 14.5 Å². The van der Waals surface area contributed by atoms with E-state index in [4.69, 9.17) is 4.42 Å². The number of hydrogen-bond acceptors (Lipinski definition) is 3. The molecule has 2 atom stereocenters. The monoisotopic (exact) mass is 231 g/mol. The third-order valence-electron chi connectivity index (χ3n) is 3.49. The molecule has 1 aromatic rings. The van der Waals surface area contributed by atoms with Crippen molar-refractivity contribution in [1.29, 1.82) is 0 Å². The van der Waals surface area contributed by atoms with Gasteiger partial charge in [-0.1, -0.05) is 12.2 Å². The Morgan fingerprint density at radius 1 is 1.18 bits per heavy atom. The van der Waals surface area contributed by atoms with Crippen LogP contribution in [-0.4, -0.2) is 16.7 Å². The summed E-state index contributed by atoms with van der Waals surface area (Å²) in [6.07, 6.45) is 6.90. The SMILES string of the molecule is O=C1[C@H]2CC=CC[C@H]2C(=O)N1Cc1ccco1. The molecule has 2 aliphatic rings. The van der Waals surface area contributed by atoms with Crippen molar-refractivity contribution < 1.29 is 14.0 Å². The second-order valence-electron chi connectivity index (χ2n) is 4.50. The average Bonchev–Trinajstić information content (AvgIpc) is 2.94. The van der Waals surface area contributed by atoms with E-state index < -0.39 is 0 Å². The molecule has 0 saturated carbocycles. The van der Waals surface area contributed by atoms with Gasteiger partial charge in [-0.05, 0) is 25.0 Å². The molecule has 88 valence electrons. The largest absolute Gasteiger partial charge is 0.467 e. The number of likely N-dealkylation sites (tertiary alicyclic amines) is 1. The first-order valence-electron chi connectivity index (χ1n) is 5.80. The smallest absolute Gasteiger partial charge is 0.233 e. The van der Waals surface area contributed by atoms with Gasteiger partial charge >= 0.3 is 0 Å². The van der Waals surface area contributed by atoms with Crippen molar-refractivity contribution in [2.75, 3.05) is 0 Å². The van der Waals surface area contributed by atoms with Crippen LogP contribution in [0.1, 0.15) is 18.6 Å². The molecular weight excluding hydrogens is 218 g/mol. The van der Waals surface area contributed by atoms with Crippen LogP contribution in [-0.2, 0) is 16.1 Å². The molecule has 0 spiro atoms. The third-order valence-corrected chi connectivity index (χ3v) is 3.49. The van der Waals surface area contributed by atoms with Gasteiger partial charge in [-0.2, -0.15) is 0 Å². The van der Waals surface area contributed by atoms with Crippen molar-refractivity contribution in [3.05, 3.63) is 36.3 Å². The van der Waals surface area contributed by atoms with Crippen molar-refractivity contribution in [2.45, 2.75) is 19.4 Å². The van der Waals surface area contributed by atoms with E-state index in [9.17, 15) is 9.59 Å². The molecule has 1 aliphatic heterocycles. The Hall–Kier alpha value is -1.84. The summed E-state index contributed by atoms with van der Waals surface area (Å²) in [6.45, 7) is 0.262. The Labute approximate surface area is 98.9 Å². The van der Waals surface area contributed by atoms with Gasteiger partial charge in [-0.15, -0.1) is 0 Å². The van der Waals surface area contributed by atoms with Gasteiger partial charge < -0.3 is 4.42 Å². The fourth-order valence-corrected chi connectivity index (χ4v) is 2.58. The lowest BCUT2D eigenvalue weighted by Crippen LogP contribution is -2.30. The maximum atomic E-state index is 12.1. The molecule has 3 rings (SSSR count). The molecule has 0 aromatic carbocycles. The Balaban J connectivity index is 1.82. The maximum Gasteiger partial charge on any atom is 0.233 e. The summed E-state index contributed by atoms with van der Waals surface area (Å²) in [5.74, 6) is 0.240. The fourth-order valence-electron chi connectivity index (χ4n) is 2.58. The van der Waals surface area contributed by atoms with Crippen molar-refractivity contribution in [1.82, 2.24) is 4.90 Å². The summed E-state index contributed by atoms with van der Waals surface area (Å²) < 4.78 is 5.18. The van der Waals surface area contributed by atoms with E-state index in [2.05, 4.69) is 0 Å².